The van der Waals surface area contributed by atoms with Crippen molar-refractivity contribution in [1.29, 1.82) is 0 Å². The maximum absolute atomic E-state index is 10.7. The van der Waals surface area contributed by atoms with Crippen molar-refractivity contribution in [2.75, 3.05) is 0 Å². The predicted molar refractivity (Wildman–Crippen MR) is 41.1 cm³/mol. The first-order chi connectivity index (χ1) is 5.18. The van der Waals surface area contributed by atoms with E-state index in [2.05, 4.69) is 6.58 Å². The lowest BCUT2D eigenvalue weighted by atomic mass is 9.86. The van der Waals surface area contributed by atoms with Gasteiger partial charge in [0.15, 0.2) is 0 Å². The Morgan fingerprint density at radius 2 is 2.27 bits per heavy atom. The standard InChI is InChI=1S/C9H12O2/c1-5-2-6-3-7(5)8(4-6)9(10)11/h6-8H,1-4H2,(H,10,11)/t6-,7-,8+/m1/s1. The molecule has 0 saturated heterocycles. The van der Waals surface area contributed by atoms with Crippen molar-refractivity contribution in [2.24, 2.45) is 17.8 Å². The van der Waals surface area contributed by atoms with Crippen LogP contribution in [-0.4, -0.2) is 11.1 Å². The summed E-state index contributed by atoms with van der Waals surface area (Å²) in [6.45, 7) is 3.91. The normalized spacial score (nSPS) is 41.5. The summed E-state index contributed by atoms with van der Waals surface area (Å²) in [5.41, 5.74) is 1.17. The number of carboxylic acid groups (broad SMARTS) is 1. The van der Waals surface area contributed by atoms with Crippen LogP contribution in [0, 0.1) is 17.8 Å². The highest BCUT2D eigenvalue weighted by Crippen LogP contribution is 2.50. The molecular weight excluding hydrogens is 140 g/mol. The van der Waals surface area contributed by atoms with Crippen molar-refractivity contribution < 1.29 is 9.90 Å². The Morgan fingerprint density at radius 1 is 1.55 bits per heavy atom. The fourth-order valence-corrected chi connectivity index (χ4v) is 2.56. The lowest BCUT2D eigenvalue weighted by Gasteiger charge is -2.19. The molecule has 2 aliphatic carbocycles. The summed E-state index contributed by atoms with van der Waals surface area (Å²) in [7, 11) is 0. The minimum absolute atomic E-state index is 0.110. The molecule has 0 amide bonds. The highest BCUT2D eigenvalue weighted by atomic mass is 16.4. The lowest BCUT2D eigenvalue weighted by Crippen LogP contribution is -2.21. The molecule has 0 heterocycles. The van der Waals surface area contributed by atoms with Crippen LogP contribution in [0.5, 0.6) is 0 Å². The van der Waals surface area contributed by atoms with Gasteiger partial charge in [-0.15, -0.1) is 0 Å². The van der Waals surface area contributed by atoms with Crippen LogP contribution in [0.3, 0.4) is 0 Å². The summed E-state index contributed by atoms with van der Waals surface area (Å²) in [5.74, 6) is 0.200. The SMILES string of the molecule is C=C1C[C@@H]2C[C@H]1[C@@H](C(=O)O)C2. The summed E-state index contributed by atoms with van der Waals surface area (Å²) in [5, 5.41) is 8.81. The van der Waals surface area contributed by atoms with Crippen molar-refractivity contribution in [3.8, 4) is 0 Å². The van der Waals surface area contributed by atoms with Crippen LogP contribution in [0.25, 0.3) is 0 Å². The van der Waals surface area contributed by atoms with Crippen LogP contribution in [0.2, 0.25) is 0 Å². The van der Waals surface area contributed by atoms with Crippen molar-refractivity contribution in [2.45, 2.75) is 19.3 Å². The number of allylic oxidation sites excluding steroid dienone is 1. The zero-order chi connectivity index (χ0) is 8.01. The van der Waals surface area contributed by atoms with Gasteiger partial charge in [-0.25, -0.2) is 0 Å². The van der Waals surface area contributed by atoms with Gasteiger partial charge >= 0.3 is 5.97 Å². The molecule has 2 aliphatic rings. The van der Waals surface area contributed by atoms with E-state index in [0.717, 1.165) is 19.3 Å². The molecule has 2 bridgehead atoms. The third-order valence-corrected chi connectivity index (χ3v) is 3.05. The van der Waals surface area contributed by atoms with Gasteiger partial charge in [0.25, 0.3) is 0 Å². The van der Waals surface area contributed by atoms with Gasteiger partial charge in [0.05, 0.1) is 5.92 Å². The fourth-order valence-electron chi connectivity index (χ4n) is 2.56. The highest BCUT2D eigenvalue weighted by Gasteiger charge is 2.45. The topological polar surface area (TPSA) is 37.3 Å². The van der Waals surface area contributed by atoms with Gasteiger partial charge < -0.3 is 5.11 Å². The minimum atomic E-state index is -0.627. The average Bonchev–Trinajstić information content (AvgIpc) is 2.43. The van der Waals surface area contributed by atoms with Gasteiger partial charge in [-0.1, -0.05) is 12.2 Å². The monoisotopic (exact) mass is 152 g/mol. The van der Waals surface area contributed by atoms with E-state index in [9.17, 15) is 4.79 Å². The first-order valence-corrected chi connectivity index (χ1v) is 4.09. The summed E-state index contributed by atoms with van der Waals surface area (Å²) >= 11 is 0. The van der Waals surface area contributed by atoms with E-state index in [-0.39, 0.29) is 5.92 Å². The van der Waals surface area contributed by atoms with Crippen molar-refractivity contribution in [1.82, 2.24) is 0 Å². The zero-order valence-electron chi connectivity index (χ0n) is 6.42. The Bertz CT molecular complexity index is 220. The number of hydrogen-bond donors (Lipinski definition) is 1. The van der Waals surface area contributed by atoms with Crippen molar-refractivity contribution in [3.63, 3.8) is 0 Å². The quantitative estimate of drug-likeness (QED) is 0.580. The largest absolute Gasteiger partial charge is 0.481 e. The molecule has 2 heteroatoms. The van der Waals surface area contributed by atoms with E-state index in [1.807, 2.05) is 0 Å². The first kappa shape index (κ1) is 6.89. The Kier molecular flexibility index (Phi) is 1.31. The van der Waals surface area contributed by atoms with Gasteiger partial charge in [-0.3, -0.25) is 4.79 Å². The molecule has 0 spiro atoms. The summed E-state index contributed by atoms with van der Waals surface area (Å²) in [4.78, 5) is 10.7. The molecule has 0 aromatic rings. The van der Waals surface area contributed by atoms with E-state index in [1.54, 1.807) is 0 Å². The average molecular weight is 152 g/mol. The lowest BCUT2D eigenvalue weighted by molar-refractivity contribution is -0.142. The molecule has 0 aromatic heterocycles. The van der Waals surface area contributed by atoms with Crippen LogP contribution in [0.1, 0.15) is 19.3 Å². The van der Waals surface area contributed by atoms with Crippen molar-refractivity contribution >= 4 is 5.97 Å². The Morgan fingerprint density at radius 3 is 2.64 bits per heavy atom. The molecule has 1 N–H and O–H groups in total. The number of fused-ring (bicyclic) bond motifs is 2. The molecule has 11 heavy (non-hydrogen) atoms. The third kappa shape index (κ3) is 0.889. The second kappa shape index (κ2) is 2.10. The van der Waals surface area contributed by atoms with Crippen LogP contribution >= 0.6 is 0 Å². The molecule has 0 unspecified atom stereocenters. The molecule has 2 fully saturated rings. The van der Waals surface area contributed by atoms with Crippen molar-refractivity contribution in [3.05, 3.63) is 12.2 Å². The first-order valence-electron chi connectivity index (χ1n) is 4.09. The Hall–Kier alpha value is -0.790. The van der Waals surface area contributed by atoms with Gasteiger partial charge in [-0.2, -0.15) is 0 Å². The van der Waals surface area contributed by atoms with Crippen LogP contribution < -0.4 is 0 Å². The van der Waals surface area contributed by atoms with Gasteiger partial charge in [0, 0.05) is 0 Å². The van der Waals surface area contributed by atoms with E-state index in [0.29, 0.717) is 11.8 Å². The summed E-state index contributed by atoms with van der Waals surface area (Å²) < 4.78 is 0. The molecule has 3 atom stereocenters. The fraction of sp³-hybridized carbons (Fsp3) is 0.667. The number of hydrogen-bond acceptors (Lipinski definition) is 1. The zero-order valence-corrected chi connectivity index (χ0v) is 6.42. The molecular formula is C9H12O2. The number of rotatable bonds is 1. The second-order valence-corrected chi connectivity index (χ2v) is 3.75. The van der Waals surface area contributed by atoms with Crippen LogP contribution in [-0.2, 0) is 4.79 Å². The molecule has 2 rings (SSSR count). The minimum Gasteiger partial charge on any atom is -0.481 e. The highest BCUT2D eigenvalue weighted by molar-refractivity contribution is 5.71. The molecule has 60 valence electrons. The maximum Gasteiger partial charge on any atom is 0.307 e. The molecule has 2 saturated carbocycles. The van der Waals surface area contributed by atoms with Gasteiger partial charge in [-0.05, 0) is 31.1 Å². The van der Waals surface area contributed by atoms with Crippen LogP contribution in [0.15, 0.2) is 12.2 Å². The summed E-state index contributed by atoms with van der Waals surface area (Å²) in [6.07, 6.45) is 3.04. The molecule has 0 radical (unpaired) electrons. The second-order valence-electron chi connectivity index (χ2n) is 3.75. The van der Waals surface area contributed by atoms with Gasteiger partial charge in [0.2, 0.25) is 0 Å². The predicted octanol–water partition coefficient (Wildman–Crippen LogP) is 1.67. The van der Waals surface area contributed by atoms with E-state index < -0.39 is 5.97 Å². The smallest absolute Gasteiger partial charge is 0.307 e. The number of carbonyl (C=O) groups is 1. The Labute approximate surface area is 65.9 Å². The molecule has 2 nitrogen and oxygen atoms in total. The van der Waals surface area contributed by atoms with E-state index in [4.69, 9.17) is 5.11 Å². The van der Waals surface area contributed by atoms with Gasteiger partial charge in [0.1, 0.15) is 0 Å². The number of carboxylic acids is 1. The summed E-state index contributed by atoms with van der Waals surface area (Å²) in [6, 6.07) is 0. The Balaban J connectivity index is 2.18. The number of aliphatic carboxylic acids is 1. The van der Waals surface area contributed by atoms with E-state index in [1.165, 1.54) is 5.57 Å². The van der Waals surface area contributed by atoms with E-state index >= 15 is 0 Å². The molecule has 0 aliphatic heterocycles. The molecule has 0 aromatic carbocycles. The van der Waals surface area contributed by atoms with Crippen LogP contribution in [0.4, 0.5) is 0 Å². The maximum atomic E-state index is 10.7. The third-order valence-electron chi connectivity index (χ3n) is 3.05.